The molecule has 0 aliphatic carbocycles. The molecule has 1 aromatic heterocycles. The molecule has 0 saturated carbocycles. The van der Waals surface area contributed by atoms with Crippen LogP contribution in [0.15, 0.2) is 60.7 Å². The van der Waals surface area contributed by atoms with Crippen LogP contribution < -0.4 is 10.1 Å². The van der Waals surface area contributed by atoms with Crippen LogP contribution in [-0.2, 0) is 0 Å². The third-order valence-electron chi connectivity index (χ3n) is 3.60. The number of aliphatic hydroxyl groups is 1. The quantitative estimate of drug-likeness (QED) is 0.633. The van der Waals surface area contributed by atoms with Crippen molar-refractivity contribution in [2.45, 2.75) is 0 Å². The minimum absolute atomic E-state index is 0.111. The molecule has 0 unspecified atom stereocenters. The zero-order chi connectivity index (χ0) is 19.2. The van der Waals surface area contributed by atoms with Crippen LogP contribution in [0.1, 0.15) is 10.4 Å². The number of rotatable bonds is 6. The molecule has 27 heavy (non-hydrogen) atoms. The molecule has 5 nitrogen and oxygen atoms in total. The van der Waals surface area contributed by atoms with E-state index in [1.807, 2.05) is 18.2 Å². The van der Waals surface area contributed by atoms with Gasteiger partial charge in [0.2, 0.25) is 5.88 Å². The normalized spacial score (nSPS) is 10.5. The maximum Gasteiger partial charge on any atom is 0.251 e. The fourth-order valence-corrected chi connectivity index (χ4v) is 2.94. The van der Waals surface area contributed by atoms with Crippen molar-refractivity contribution in [3.63, 3.8) is 0 Å². The van der Waals surface area contributed by atoms with Crippen LogP contribution in [0.2, 0.25) is 10.0 Å². The van der Waals surface area contributed by atoms with Crippen LogP contribution in [0, 0.1) is 0 Å². The van der Waals surface area contributed by atoms with E-state index in [4.69, 9.17) is 33.0 Å². The van der Waals surface area contributed by atoms with Crippen molar-refractivity contribution >= 4 is 29.1 Å². The van der Waals surface area contributed by atoms with E-state index < -0.39 is 0 Å². The Morgan fingerprint density at radius 1 is 1.04 bits per heavy atom. The Labute approximate surface area is 166 Å². The molecule has 7 heteroatoms. The van der Waals surface area contributed by atoms with Crippen molar-refractivity contribution in [1.82, 2.24) is 10.3 Å². The highest BCUT2D eigenvalue weighted by Crippen LogP contribution is 2.29. The predicted octanol–water partition coefficient (Wildman–Crippen LogP) is 4.57. The first-order valence-electron chi connectivity index (χ1n) is 8.15. The van der Waals surface area contributed by atoms with E-state index >= 15 is 0 Å². The topological polar surface area (TPSA) is 71.5 Å². The number of ether oxygens (including phenoxy) is 1. The largest absolute Gasteiger partial charge is 0.439 e. The molecule has 2 N–H and O–H groups in total. The van der Waals surface area contributed by atoms with Gasteiger partial charge < -0.3 is 15.2 Å². The van der Waals surface area contributed by atoms with E-state index in [-0.39, 0.29) is 19.1 Å². The van der Waals surface area contributed by atoms with E-state index in [0.717, 1.165) is 5.56 Å². The van der Waals surface area contributed by atoms with Gasteiger partial charge in [0.05, 0.1) is 12.3 Å². The molecular formula is C20H16Cl2N2O3. The van der Waals surface area contributed by atoms with Crippen LogP contribution in [0.4, 0.5) is 0 Å². The molecule has 0 fully saturated rings. The van der Waals surface area contributed by atoms with Crippen molar-refractivity contribution in [1.29, 1.82) is 0 Å². The maximum absolute atomic E-state index is 12.1. The Morgan fingerprint density at radius 3 is 2.52 bits per heavy atom. The molecule has 3 rings (SSSR count). The summed E-state index contributed by atoms with van der Waals surface area (Å²) in [5, 5.41) is 12.4. The summed E-state index contributed by atoms with van der Waals surface area (Å²) in [7, 11) is 0. The molecule has 1 heterocycles. The van der Waals surface area contributed by atoms with Gasteiger partial charge in [-0.3, -0.25) is 4.79 Å². The predicted molar refractivity (Wildman–Crippen MR) is 106 cm³/mol. The molecule has 0 radical (unpaired) electrons. The molecule has 0 saturated heterocycles. The second kappa shape index (κ2) is 8.86. The van der Waals surface area contributed by atoms with Crippen molar-refractivity contribution in [2.75, 3.05) is 13.2 Å². The summed E-state index contributed by atoms with van der Waals surface area (Å²) < 4.78 is 5.75. The van der Waals surface area contributed by atoms with Crippen LogP contribution in [0.3, 0.4) is 0 Å². The van der Waals surface area contributed by atoms with E-state index in [2.05, 4.69) is 10.3 Å². The average molecular weight is 403 g/mol. The zero-order valence-corrected chi connectivity index (χ0v) is 15.7. The number of hydrogen-bond acceptors (Lipinski definition) is 4. The Balaban J connectivity index is 1.84. The molecule has 0 aliphatic rings. The fourth-order valence-electron chi connectivity index (χ4n) is 2.43. The second-order valence-electron chi connectivity index (χ2n) is 5.63. The van der Waals surface area contributed by atoms with Crippen LogP contribution in [-0.4, -0.2) is 29.1 Å². The lowest BCUT2D eigenvalue weighted by molar-refractivity contribution is 0.0945. The lowest BCUT2D eigenvalue weighted by Crippen LogP contribution is -2.26. The number of hydrogen-bond donors (Lipinski definition) is 2. The fraction of sp³-hybridized carbons (Fsp3) is 0.100. The van der Waals surface area contributed by atoms with Gasteiger partial charge in [-0.1, -0.05) is 41.4 Å². The van der Waals surface area contributed by atoms with Gasteiger partial charge in [0, 0.05) is 33.8 Å². The molecule has 0 atom stereocenters. The number of pyridine rings is 1. The number of nitrogens with zero attached hydrogens (tertiary/aromatic N) is 1. The minimum Gasteiger partial charge on any atom is -0.439 e. The third-order valence-corrected chi connectivity index (χ3v) is 4.04. The summed E-state index contributed by atoms with van der Waals surface area (Å²) in [6, 6.07) is 17.3. The highest BCUT2D eigenvalue weighted by Gasteiger charge is 2.09. The van der Waals surface area contributed by atoms with Gasteiger partial charge in [0.15, 0.2) is 0 Å². The third kappa shape index (κ3) is 5.20. The molecule has 0 spiro atoms. The number of aromatic nitrogens is 1. The van der Waals surface area contributed by atoms with Crippen LogP contribution in [0.5, 0.6) is 11.6 Å². The van der Waals surface area contributed by atoms with Crippen molar-refractivity contribution < 1.29 is 14.6 Å². The van der Waals surface area contributed by atoms with E-state index in [9.17, 15) is 4.79 Å². The second-order valence-corrected chi connectivity index (χ2v) is 6.50. The molecule has 1 amide bonds. The Bertz CT molecular complexity index is 943. The number of amides is 1. The molecule has 0 aliphatic heterocycles. The van der Waals surface area contributed by atoms with Gasteiger partial charge in [-0.05, 0) is 36.4 Å². The van der Waals surface area contributed by atoms with Crippen molar-refractivity contribution in [3.8, 4) is 22.9 Å². The minimum atomic E-state index is -0.258. The van der Waals surface area contributed by atoms with Gasteiger partial charge in [-0.2, -0.15) is 0 Å². The van der Waals surface area contributed by atoms with Gasteiger partial charge in [0.1, 0.15) is 5.75 Å². The molecule has 2 aromatic carbocycles. The molecular weight excluding hydrogens is 387 g/mol. The van der Waals surface area contributed by atoms with Crippen LogP contribution >= 0.6 is 23.2 Å². The summed E-state index contributed by atoms with van der Waals surface area (Å²) in [4.78, 5) is 16.5. The Kier molecular flexibility index (Phi) is 6.29. The van der Waals surface area contributed by atoms with E-state index in [1.54, 1.807) is 42.5 Å². The number of nitrogens with one attached hydrogen (secondary N) is 1. The highest BCUT2D eigenvalue weighted by atomic mass is 35.5. The first kappa shape index (κ1) is 19.2. The standard InChI is InChI=1S/C20H16Cl2N2O3/c21-15-10-16(22)12-17(11-15)27-19-6-2-5-18(24-19)13-3-1-4-14(9-13)20(26)23-7-8-25/h1-6,9-12,25H,7-8H2,(H,23,26). The van der Waals surface area contributed by atoms with Gasteiger partial charge >= 0.3 is 0 Å². The number of aliphatic hydroxyl groups excluding tert-OH is 1. The molecule has 138 valence electrons. The summed E-state index contributed by atoms with van der Waals surface area (Å²) in [6.07, 6.45) is 0. The number of carbonyl (C=O) groups is 1. The summed E-state index contributed by atoms with van der Waals surface area (Å²) in [6.45, 7) is 0.0900. The summed E-state index contributed by atoms with van der Waals surface area (Å²) in [5.74, 6) is 0.599. The lowest BCUT2D eigenvalue weighted by atomic mass is 10.1. The SMILES string of the molecule is O=C(NCCO)c1cccc(-c2cccc(Oc3cc(Cl)cc(Cl)c3)n2)c1. The first-order chi connectivity index (χ1) is 13.0. The summed E-state index contributed by atoms with van der Waals surface area (Å²) in [5.41, 5.74) is 1.90. The number of halogens is 2. The summed E-state index contributed by atoms with van der Waals surface area (Å²) >= 11 is 12.0. The van der Waals surface area contributed by atoms with E-state index in [0.29, 0.717) is 32.9 Å². The Morgan fingerprint density at radius 2 is 1.78 bits per heavy atom. The number of benzene rings is 2. The van der Waals surface area contributed by atoms with E-state index in [1.165, 1.54) is 0 Å². The zero-order valence-electron chi connectivity index (χ0n) is 14.2. The average Bonchev–Trinajstić information content (AvgIpc) is 2.65. The van der Waals surface area contributed by atoms with Crippen molar-refractivity contribution in [2.24, 2.45) is 0 Å². The molecule has 0 bridgehead atoms. The smallest absolute Gasteiger partial charge is 0.251 e. The molecule has 3 aromatic rings. The van der Waals surface area contributed by atoms with Gasteiger partial charge in [-0.15, -0.1) is 0 Å². The van der Waals surface area contributed by atoms with Crippen LogP contribution in [0.25, 0.3) is 11.3 Å². The van der Waals surface area contributed by atoms with Gasteiger partial charge in [0.25, 0.3) is 5.91 Å². The lowest BCUT2D eigenvalue weighted by Gasteiger charge is -2.09. The first-order valence-corrected chi connectivity index (χ1v) is 8.91. The maximum atomic E-state index is 12.1. The van der Waals surface area contributed by atoms with Gasteiger partial charge in [-0.25, -0.2) is 4.98 Å². The Hall–Kier alpha value is -2.60. The highest BCUT2D eigenvalue weighted by molar-refractivity contribution is 6.34. The number of carbonyl (C=O) groups excluding carboxylic acids is 1. The monoisotopic (exact) mass is 402 g/mol. The van der Waals surface area contributed by atoms with Crippen molar-refractivity contribution in [3.05, 3.63) is 76.3 Å².